The molecule has 0 aliphatic heterocycles. The van der Waals surface area contributed by atoms with E-state index >= 15 is 0 Å². The first-order valence-electron chi connectivity index (χ1n) is 8.37. The number of aliphatic carboxylic acids is 1. The molecule has 0 fully saturated rings. The number of carbonyl (C=O) groups is 2. The first-order valence-corrected chi connectivity index (χ1v) is 8.37. The quantitative estimate of drug-likeness (QED) is 0.749. The maximum absolute atomic E-state index is 13.2. The summed E-state index contributed by atoms with van der Waals surface area (Å²) in [7, 11) is 0. The van der Waals surface area contributed by atoms with Crippen LogP contribution in [0.5, 0.6) is 0 Å². The molecule has 0 bridgehead atoms. The van der Waals surface area contributed by atoms with Gasteiger partial charge in [-0.2, -0.15) is 0 Å². The molecule has 0 saturated carbocycles. The Labute approximate surface area is 150 Å². The van der Waals surface area contributed by atoms with Gasteiger partial charge in [0.05, 0.1) is 12.5 Å². The van der Waals surface area contributed by atoms with Gasteiger partial charge in [0.15, 0.2) is 11.6 Å². The second kappa shape index (κ2) is 9.08. The Bertz CT molecular complexity index is 792. The molecule has 2 rings (SSSR count). The number of carbonyl (C=O) groups excluding carboxylic acids is 1. The molecule has 2 N–H and O–H groups in total. The lowest BCUT2D eigenvalue weighted by Gasteiger charge is -2.19. The molecule has 0 aliphatic carbocycles. The Morgan fingerprint density at radius 1 is 1.12 bits per heavy atom. The molecule has 0 heterocycles. The fraction of sp³-hybridized carbons (Fsp3) is 0.300. The Hall–Kier alpha value is -2.76. The molecular weight excluding hydrogens is 340 g/mol. The topological polar surface area (TPSA) is 66.4 Å². The third-order valence-electron chi connectivity index (χ3n) is 4.13. The molecular formula is C20H21F2NO3. The van der Waals surface area contributed by atoms with Gasteiger partial charge in [-0.15, -0.1) is 0 Å². The van der Waals surface area contributed by atoms with Gasteiger partial charge in [0, 0.05) is 6.42 Å². The van der Waals surface area contributed by atoms with Crippen molar-refractivity contribution in [3.8, 4) is 0 Å². The molecule has 1 atom stereocenters. The van der Waals surface area contributed by atoms with E-state index in [9.17, 15) is 18.4 Å². The average Bonchev–Trinajstić information content (AvgIpc) is 2.57. The molecule has 1 unspecified atom stereocenters. The largest absolute Gasteiger partial charge is 0.481 e. The van der Waals surface area contributed by atoms with Crippen LogP contribution in [0.25, 0.3) is 0 Å². The van der Waals surface area contributed by atoms with E-state index in [2.05, 4.69) is 5.32 Å². The average molecular weight is 361 g/mol. The third kappa shape index (κ3) is 5.65. The second-order valence-electron chi connectivity index (χ2n) is 6.18. The minimum atomic E-state index is -1.000. The molecule has 2 aromatic rings. The van der Waals surface area contributed by atoms with Crippen LogP contribution in [0, 0.1) is 18.6 Å². The monoisotopic (exact) mass is 361 g/mol. The smallest absolute Gasteiger partial charge is 0.305 e. The number of aryl methyl sites for hydroxylation is 2. The van der Waals surface area contributed by atoms with Gasteiger partial charge in [-0.3, -0.25) is 9.59 Å². The Morgan fingerprint density at radius 2 is 1.85 bits per heavy atom. The summed E-state index contributed by atoms with van der Waals surface area (Å²) in [5.41, 5.74) is 2.28. The maximum atomic E-state index is 13.2. The highest BCUT2D eigenvalue weighted by atomic mass is 19.2. The lowest BCUT2D eigenvalue weighted by atomic mass is 9.98. The summed E-state index contributed by atoms with van der Waals surface area (Å²) in [6.45, 7) is 1.86. The van der Waals surface area contributed by atoms with Gasteiger partial charge in [0.1, 0.15) is 0 Å². The van der Waals surface area contributed by atoms with Crippen molar-refractivity contribution < 1.29 is 23.5 Å². The number of amides is 1. The van der Waals surface area contributed by atoms with E-state index in [1.54, 1.807) is 12.1 Å². The Kier molecular flexibility index (Phi) is 6.83. The zero-order valence-corrected chi connectivity index (χ0v) is 14.5. The molecule has 1 amide bonds. The molecule has 0 aromatic heterocycles. The Balaban J connectivity index is 1.93. The molecule has 0 spiro atoms. The van der Waals surface area contributed by atoms with Gasteiger partial charge in [-0.05, 0) is 48.6 Å². The molecule has 0 radical (unpaired) electrons. The maximum Gasteiger partial charge on any atom is 0.305 e. The number of carboxylic acid groups (broad SMARTS) is 1. The van der Waals surface area contributed by atoms with Crippen LogP contribution < -0.4 is 5.32 Å². The summed E-state index contributed by atoms with van der Waals surface area (Å²) in [5.74, 6) is -3.09. The van der Waals surface area contributed by atoms with Crippen molar-refractivity contribution in [1.29, 1.82) is 0 Å². The van der Waals surface area contributed by atoms with Crippen molar-refractivity contribution in [3.05, 3.63) is 70.8 Å². The highest BCUT2D eigenvalue weighted by Gasteiger charge is 2.19. The summed E-state index contributed by atoms with van der Waals surface area (Å²) in [5, 5.41) is 11.9. The van der Waals surface area contributed by atoms with Gasteiger partial charge < -0.3 is 10.4 Å². The van der Waals surface area contributed by atoms with E-state index in [4.69, 9.17) is 5.11 Å². The molecule has 26 heavy (non-hydrogen) atoms. The second-order valence-corrected chi connectivity index (χ2v) is 6.18. The molecule has 6 heteroatoms. The summed E-state index contributed by atoms with van der Waals surface area (Å²) in [6, 6.07) is 10.4. The van der Waals surface area contributed by atoms with E-state index in [1.165, 1.54) is 6.07 Å². The van der Waals surface area contributed by atoms with Crippen molar-refractivity contribution >= 4 is 11.9 Å². The fourth-order valence-electron chi connectivity index (χ4n) is 2.81. The summed E-state index contributed by atoms with van der Waals surface area (Å²) < 4.78 is 26.1. The van der Waals surface area contributed by atoms with E-state index < -0.39 is 23.6 Å². The standard InChI is InChI=1S/C20H21F2NO3/c1-13-5-2-3-7-15(13)18(12-20(25)26)23-19(24)8-4-6-14-9-10-16(21)17(22)11-14/h2-3,5,7,9-11,18H,4,6,8,12H2,1H3,(H,23,24)(H,25,26). The zero-order valence-electron chi connectivity index (χ0n) is 14.5. The predicted molar refractivity (Wildman–Crippen MR) is 93.6 cm³/mol. The van der Waals surface area contributed by atoms with Crippen LogP contribution >= 0.6 is 0 Å². The number of nitrogens with one attached hydrogen (secondary N) is 1. The molecule has 4 nitrogen and oxygen atoms in total. The van der Waals surface area contributed by atoms with Crippen molar-refractivity contribution in [3.63, 3.8) is 0 Å². The van der Waals surface area contributed by atoms with Gasteiger partial charge in [0.2, 0.25) is 5.91 Å². The number of carboxylic acids is 1. The van der Waals surface area contributed by atoms with Crippen LogP contribution in [0.4, 0.5) is 8.78 Å². The Morgan fingerprint density at radius 3 is 2.50 bits per heavy atom. The van der Waals surface area contributed by atoms with E-state index in [0.717, 1.165) is 23.3 Å². The summed E-state index contributed by atoms with van der Waals surface area (Å²) in [4.78, 5) is 23.3. The highest BCUT2D eigenvalue weighted by molar-refractivity contribution is 5.77. The van der Waals surface area contributed by atoms with Crippen LogP contribution in [0.3, 0.4) is 0 Å². The molecule has 0 aliphatic rings. The zero-order chi connectivity index (χ0) is 19.1. The minimum absolute atomic E-state index is 0.168. The lowest BCUT2D eigenvalue weighted by molar-refractivity contribution is -0.137. The summed E-state index contributed by atoms with van der Waals surface area (Å²) >= 11 is 0. The number of hydrogen-bond donors (Lipinski definition) is 2. The third-order valence-corrected chi connectivity index (χ3v) is 4.13. The predicted octanol–water partition coefficient (Wildman–Crippen LogP) is 3.93. The van der Waals surface area contributed by atoms with Crippen LogP contribution in [0.15, 0.2) is 42.5 Å². The van der Waals surface area contributed by atoms with E-state index in [1.807, 2.05) is 19.1 Å². The first kappa shape index (κ1) is 19.6. The van der Waals surface area contributed by atoms with Gasteiger partial charge >= 0.3 is 5.97 Å². The van der Waals surface area contributed by atoms with Crippen LogP contribution in [0.1, 0.15) is 42.0 Å². The van der Waals surface area contributed by atoms with Crippen molar-refractivity contribution in [2.75, 3.05) is 0 Å². The van der Waals surface area contributed by atoms with Gasteiger partial charge in [-0.1, -0.05) is 30.3 Å². The van der Waals surface area contributed by atoms with Crippen molar-refractivity contribution in [1.82, 2.24) is 5.32 Å². The molecule has 0 saturated heterocycles. The normalized spacial score (nSPS) is 11.8. The number of benzene rings is 2. The van der Waals surface area contributed by atoms with Gasteiger partial charge in [-0.25, -0.2) is 8.78 Å². The highest BCUT2D eigenvalue weighted by Crippen LogP contribution is 2.21. The van der Waals surface area contributed by atoms with E-state index in [-0.39, 0.29) is 18.7 Å². The minimum Gasteiger partial charge on any atom is -0.481 e. The lowest BCUT2D eigenvalue weighted by Crippen LogP contribution is -2.30. The van der Waals surface area contributed by atoms with Gasteiger partial charge in [0.25, 0.3) is 0 Å². The van der Waals surface area contributed by atoms with E-state index in [0.29, 0.717) is 18.4 Å². The molecule has 138 valence electrons. The van der Waals surface area contributed by atoms with Crippen LogP contribution in [0.2, 0.25) is 0 Å². The molecule has 2 aromatic carbocycles. The first-order chi connectivity index (χ1) is 12.4. The fourth-order valence-corrected chi connectivity index (χ4v) is 2.81. The number of hydrogen-bond acceptors (Lipinski definition) is 2. The van der Waals surface area contributed by atoms with Crippen LogP contribution in [-0.4, -0.2) is 17.0 Å². The number of halogens is 2. The summed E-state index contributed by atoms with van der Waals surface area (Å²) in [6.07, 6.45) is 0.837. The van der Waals surface area contributed by atoms with Crippen LogP contribution in [-0.2, 0) is 16.0 Å². The SMILES string of the molecule is Cc1ccccc1C(CC(=O)O)NC(=O)CCCc1ccc(F)c(F)c1. The van der Waals surface area contributed by atoms with Crippen molar-refractivity contribution in [2.24, 2.45) is 0 Å². The van der Waals surface area contributed by atoms with Crippen molar-refractivity contribution in [2.45, 2.75) is 38.6 Å². The number of rotatable bonds is 8.